The largest absolute Gasteiger partial charge is 0.399 e. The van der Waals surface area contributed by atoms with Gasteiger partial charge in [-0.2, -0.15) is 0 Å². The van der Waals surface area contributed by atoms with Crippen molar-refractivity contribution < 1.29 is 9.00 Å². The number of carbonyl (C=O) groups is 1. The summed E-state index contributed by atoms with van der Waals surface area (Å²) in [6.45, 7) is 5.66. The van der Waals surface area contributed by atoms with Crippen LogP contribution in [-0.2, 0) is 15.6 Å². The Kier molecular flexibility index (Phi) is 4.28. The molecule has 3 N–H and O–H groups in total. The van der Waals surface area contributed by atoms with Gasteiger partial charge in [0.1, 0.15) is 5.75 Å². The Morgan fingerprint density at radius 3 is 2.29 bits per heavy atom. The second-order valence-corrected chi connectivity index (χ2v) is 6.31. The van der Waals surface area contributed by atoms with E-state index in [0.717, 1.165) is 0 Å². The van der Waals surface area contributed by atoms with E-state index in [2.05, 4.69) is 5.32 Å². The van der Waals surface area contributed by atoms with Crippen LogP contribution < -0.4 is 11.1 Å². The van der Waals surface area contributed by atoms with Gasteiger partial charge in [0, 0.05) is 16.1 Å². The number of hydrogen-bond acceptors (Lipinski definition) is 3. The second kappa shape index (κ2) is 5.31. The average Bonchev–Trinajstić information content (AvgIpc) is 2.15. The summed E-state index contributed by atoms with van der Waals surface area (Å²) in [5.74, 6) is -0.242. The van der Waals surface area contributed by atoms with Crippen molar-refractivity contribution in [2.24, 2.45) is 0 Å². The van der Waals surface area contributed by atoms with Gasteiger partial charge in [-0.1, -0.05) is 0 Å². The minimum absolute atomic E-state index is 0.0266. The standard InChI is InChI=1S/C12H18N2O2S/c1-12(2,3)14-11(15)8-17(16)10-6-4-9(13)5-7-10/h4-7H,8,13H2,1-3H3,(H,14,15). The van der Waals surface area contributed by atoms with E-state index in [9.17, 15) is 9.00 Å². The summed E-state index contributed by atoms with van der Waals surface area (Å²) in [5.41, 5.74) is 5.85. The molecular formula is C12H18N2O2S. The van der Waals surface area contributed by atoms with E-state index < -0.39 is 10.8 Å². The van der Waals surface area contributed by atoms with Crippen LogP contribution >= 0.6 is 0 Å². The van der Waals surface area contributed by atoms with Crippen LogP contribution in [0, 0.1) is 0 Å². The van der Waals surface area contributed by atoms with Gasteiger partial charge in [0.2, 0.25) is 5.91 Å². The highest BCUT2D eigenvalue weighted by Gasteiger charge is 2.16. The predicted molar refractivity (Wildman–Crippen MR) is 70.0 cm³/mol. The molecule has 0 saturated carbocycles. The molecule has 1 unspecified atom stereocenters. The highest BCUT2D eigenvalue weighted by atomic mass is 32.2. The zero-order valence-corrected chi connectivity index (χ0v) is 11.1. The number of hydrogen-bond donors (Lipinski definition) is 2. The van der Waals surface area contributed by atoms with Gasteiger partial charge >= 0.3 is 0 Å². The van der Waals surface area contributed by atoms with Gasteiger partial charge in [0.15, 0.2) is 0 Å². The zero-order chi connectivity index (χ0) is 13.1. The van der Waals surface area contributed by atoms with Gasteiger partial charge in [-0.05, 0) is 45.0 Å². The molecule has 0 aliphatic carbocycles. The lowest BCUT2D eigenvalue weighted by molar-refractivity contribution is -0.119. The Balaban J connectivity index is 2.61. The Morgan fingerprint density at radius 1 is 1.29 bits per heavy atom. The Labute approximate surface area is 104 Å². The first kappa shape index (κ1) is 13.7. The molecule has 1 aromatic carbocycles. The molecule has 0 aliphatic rings. The average molecular weight is 254 g/mol. The molecule has 0 aliphatic heterocycles. The molecular weight excluding hydrogens is 236 g/mol. The summed E-state index contributed by atoms with van der Waals surface area (Å²) < 4.78 is 11.9. The number of carbonyl (C=O) groups excluding carboxylic acids is 1. The van der Waals surface area contributed by atoms with Crippen LogP contribution in [0.4, 0.5) is 5.69 Å². The van der Waals surface area contributed by atoms with Gasteiger partial charge in [0.25, 0.3) is 0 Å². The van der Waals surface area contributed by atoms with Crippen LogP contribution in [0.3, 0.4) is 0 Å². The highest BCUT2D eigenvalue weighted by Crippen LogP contribution is 2.10. The summed E-state index contributed by atoms with van der Waals surface area (Å²) >= 11 is 0. The van der Waals surface area contributed by atoms with Crippen LogP contribution in [0.2, 0.25) is 0 Å². The van der Waals surface area contributed by atoms with Crippen molar-refractivity contribution in [3.05, 3.63) is 24.3 Å². The molecule has 4 nitrogen and oxygen atoms in total. The summed E-state index contributed by atoms with van der Waals surface area (Å²) in [7, 11) is -1.32. The molecule has 0 saturated heterocycles. The molecule has 17 heavy (non-hydrogen) atoms. The first-order valence-corrected chi connectivity index (χ1v) is 6.65. The third kappa shape index (κ3) is 4.99. The smallest absolute Gasteiger partial charge is 0.233 e. The highest BCUT2D eigenvalue weighted by molar-refractivity contribution is 7.85. The fourth-order valence-electron chi connectivity index (χ4n) is 1.28. The van der Waals surface area contributed by atoms with Gasteiger partial charge in [-0.3, -0.25) is 9.00 Å². The lowest BCUT2D eigenvalue weighted by Crippen LogP contribution is -2.42. The van der Waals surface area contributed by atoms with Crippen molar-refractivity contribution in [3.8, 4) is 0 Å². The number of benzene rings is 1. The van der Waals surface area contributed by atoms with Gasteiger partial charge < -0.3 is 11.1 Å². The third-order valence-corrected chi connectivity index (χ3v) is 3.24. The molecule has 1 atom stereocenters. The van der Waals surface area contributed by atoms with Gasteiger partial charge in [0.05, 0.1) is 10.8 Å². The summed E-state index contributed by atoms with van der Waals surface area (Å²) in [6, 6.07) is 6.70. The Bertz CT molecular complexity index is 421. The lowest BCUT2D eigenvalue weighted by Gasteiger charge is -2.20. The molecule has 1 rings (SSSR count). The fourth-order valence-corrected chi connectivity index (χ4v) is 2.19. The molecule has 0 aromatic heterocycles. The summed E-state index contributed by atoms with van der Waals surface area (Å²) in [4.78, 5) is 12.2. The first-order chi connectivity index (χ1) is 7.78. The van der Waals surface area contributed by atoms with Crippen LogP contribution in [0.1, 0.15) is 20.8 Å². The number of anilines is 1. The minimum atomic E-state index is -1.32. The van der Waals surface area contributed by atoms with Gasteiger partial charge in [-0.25, -0.2) is 0 Å². The van der Waals surface area contributed by atoms with E-state index in [0.29, 0.717) is 10.6 Å². The maximum atomic E-state index is 11.9. The maximum absolute atomic E-state index is 11.9. The number of amides is 1. The first-order valence-electron chi connectivity index (χ1n) is 5.33. The normalized spacial score (nSPS) is 13.1. The molecule has 5 heteroatoms. The number of nitrogens with two attached hydrogens (primary N) is 1. The van der Waals surface area contributed by atoms with E-state index in [1.54, 1.807) is 24.3 Å². The van der Waals surface area contributed by atoms with Crippen LogP contribution in [-0.4, -0.2) is 21.4 Å². The van der Waals surface area contributed by atoms with Crippen molar-refractivity contribution in [1.29, 1.82) is 0 Å². The van der Waals surface area contributed by atoms with Crippen LogP contribution in [0.25, 0.3) is 0 Å². The molecule has 1 aromatic rings. The van der Waals surface area contributed by atoms with Crippen LogP contribution in [0.5, 0.6) is 0 Å². The predicted octanol–water partition coefficient (Wildman–Crippen LogP) is 1.29. The van der Waals surface area contributed by atoms with E-state index >= 15 is 0 Å². The van der Waals surface area contributed by atoms with Gasteiger partial charge in [-0.15, -0.1) is 0 Å². The summed E-state index contributed by atoms with van der Waals surface area (Å²) in [5, 5.41) is 2.77. The molecule has 94 valence electrons. The van der Waals surface area contributed by atoms with Crippen molar-refractivity contribution in [3.63, 3.8) is 0 Å². The number of nitrogens with one attached hydrogen (secondary N) is 1. The number of rotatable bonds is 3. The topological polar surface area (TPSA) is 72.2 Å². The Morgan fingerprint density at radius 2 is 1.82 bits per heavy atom. The molecule has 1 amide bonds. The van der Waals surface area contributed by atoms with E-state index in [1.807, 2.05) is 20.8 Å². The van der Waals surface area contributed by atoms with Crippen molar-refractivity contribution in [1.82, 2.24) is 5.32 Å². The number of nitrogen functional groups attached to an aromatic ring is 1. The molecule has 0 bridgehead atoms. The zero-order valence-electron chi connectivity index (χ0n) is 10.3. The third-order valence-electron chi connectivity index (χ3n) is 1.92. The van der Waals surface area contributed by atoms with E-state index in [4.69, 9.17) is 5.73 Å². The van der Waals surface area contributed by atoms with Crippen LogP contribution in [0.15, 0.2) is 29.2 Å². The quantitative estimate of drug-likeness (QED) is 0.798. The molecule has 0 spiro atoms. The SMILES string of the molecule is CC(C)(C)NC(=O)CS(=O)c1ccc(N)cc1. The van der Waals surface area contributed by atoms with E-state index in [1.165, 1.54) is 0 Å². The van der Waals surface area contributed by atoms with Crippen molar-refractivity contribution in [2.75, 3.05) is 11.5 Å². The lowest BCUT2D eigenvalue weighted by atomic mass is 10.1. The second-order valence-electron chi connectivity index (χ2n) is 4.86. The summed E-state index contributed by atoms with van der Waals surface area (Å²) in [6.07, 6.45) is 0. The van der Waals surface area contributed by atoms with E-state index in [-0.39, 0.29) is 17.2 Å². The Hall–Kier alpha value is -1.36. The monoisotopic (exact) mass is 254 g/mol. The molecule has 0 heterocycles. The van der Waals surface area contributed by atoms with Crippen molar-refractivity contribution >= 4 is 22.4 Å². The minimum Gasteiger partial charge on any atom is -0.399 e. The fraction of sp³-hybridized carbons (Fsp3) is 0.417. The van der Waals surface area contributed by atoms with Crippen molar-refractivity contribution in [2.45, 2.75) is 31.2 Å². The maximum Gasteiger partial charge on any atom is 0.233 e. The molecule has 0 radical (unpaired) electrons. The molecule has 0 fully saturated rings.